The predicted octanol–water partition coefficient (Wildman–Crippen LogP) is 1.34. The van der Waals surface area contributed by atoms with Crippen LogP contribution in [-0.2, 0) is 11.3 Å². The van der Waals surface area contributed by atoms with Crippen LogP contribution in [0.5, 0.6) is 0 Å². The van der Waals surface area contributed by atoms with Gasteiger partial charge in [-0.15, -0.1) is 0 Å². The van der Waals surface area contributed by atoms with Crippen LogP contribution in [0.25, 0.3) is 0 Å². The zero-order valence-corrected chi connectivity index (χ0v) is 9.28. The zero-order valence-electron chi connectivity index (χ0n) is 9.28. The van der Waals surface area contributed by atoms with Gasteiger partial charge in [0.05, 0.1) is 6.54 Å². The molecule has 1 heterocycles. The molecule has 1 aromatic rings. The molecule has 84 valence electrons. The second-order valence-electron chi connectivity index (χ2n) is 4.01. The SMILES string of the molecule is COCCCNCc1nccn1C1CC1. The summed E-state index contributed by atoms with van der Waals surface area (Å²) in [5.41, 5.74) is 0. The second-order valence-corrected chi connectivity index (χ2v) is 4.01. The van der Waals surface area contributed by atoms with Crippen molar-refractivity contribution in [3.63, 3.8) is 0 Å². The number of hydrogen-bond acceptors (Lipinski definition) is 3. The van der Waals surface area contributed by atoms with E-state index < -0.39 is 0 Å². The first kappa shape index (κ1) is 10.6. The number of methoxy groups -OCH3 is 1. The minimum Gasteiger partial charge on any atom is -0.385 e. The average Bonchev–Trinajstić information content (AvgIpc) is 2.99. The van der Waals surface area contributed by atoms with E-state index in [9.17, 15) is 0 Å². The Balaban J connectivity index is 1.70. The Morgan fingerprint density at radius 1 is 1.60 bits per heavy atom. The Morgan fingerprint density at radius 2 is 2.47 bits per heavy atom. The van der Waals surface area contributed by atoms with Gasteiger partial charge in [-0.1, -0.05) is 0 Å². The van der Waals surface area contributed by atoms with Gasteiger partial charge in [0.2, 0.25) is 0 Å². The maximum atomic E-state index is 4.99. The molecule has 1 saturated carbocycles. The summed E-state index contributed by atoms with van der Waals surface area (Å²) in [5.74, 6) is 1.16. The molecular formula is C11H19N3O. The van der Waals surface area contributed by atoms with Crippen LogP contribution in [0, 0.1) is 0 Å². The van der Waals surface area contributed by atoms with E-state index in [4.69, 9.17) is 4.74 Å². The van der Waals surface area contributed by atoms with Crippen LogP contribution >= 0.6 is 0 Å². The Morgan fingerprint density at radius 3 is 3.20 bits per heavy atom. The van der Waals surface area contributed by atoms with Crippen molar-refractivity contribution in [1.29, 1.82) is 0 Å². The first-order valence-corrected chi connectivity index (χ1v) is 5.63. The quantitative estimate of drug-likeness (QED) is 0.689. The van der Waals surface area contributed by atoms with Crippen molar-refractivity contribution < 1.29 is 4.74 Å². The molecule has 4 nitrogen and oxygen atoms in total. The Kier molecular flexibility index (Phi) is 3.75. The number of nitrogens with zero attached hydrogens (tertiary/aromatic N) is 2. The van der Waals surface area contributed by atoms with Crippen molar-refractivity contribution in [3.05, 3.63) is 18.2 Å². The summed E-state index contributed by atoms with van der Waals surface area (Å²) in [6.07, 6.45) is 7.66. The molecule has 1 aliphatic carbocycles. The van der Waals surface area contributed by atoms with Crippen LogP contribution in [-0.4, -0.2) is 29.8 Å². The highest BCUT2D eigenvalue weighted by atomic mass is 16.5. The number of hydrogen-bond donors (Lipinski definition) is 1. The molecule has 1 fully saturated rings. The van der Waals surface area contributed by atoms with Crippen molar-refractivity contribution in [1.82, 2.24) is 14.9 Å². The minimum atomic E-state index is 0.725. The van der Waals surface area contributed by atoms with E-state index in [1.807, 2.05) is 6.20 Å². The number of nitrogens with one attached hydrogen (secondary N) is 1. The van der Waals surface area contributed by atoms with Gasteiger partial charge in [0.15, 0.2) is 0 Å². The van der Waals surface area contributed by atoms with Crippen LogP contribution in [0.2, 0.25) is 0 Å². The maximum absolute atomic E-state index is 4.99. The normalized spacial score (nSPS) is 15.8. The molecule has 4 heteroatoms. The maximum Gasteiger partial charge on any atom is 0.122 e. The molecule has 0 bridgehead atoms. The van der Waals surface area contributed by atoms with Gasteiger partial charge in [-0.3, -0.25) is 0 Å². The number of imidazole rings is 1. The van der Waals surface area contributed by atoms with E-state index in [0.717, 1.165) is 38.0 Å². The van der Waals surface area contributed by atoms with Gasteiger partial charge in [0, 0.05) is 32.2 Å². The third-order valence-corrected chi connectivity index (χ3v) is 2.67. The minimum absolute atomic E-state index is 0.725. The molecule has 0 saturated heterocycles. The molecule has 0 unspecified atom stereocenters. The molecule has 0 aromatic carbocycles. The fourth-order valence-electron chi connectivity index (χ4n) is 1.71. The van der Waals surface area contributed by atoms with E-state index >= 15 is 0 Å². The molecular weight excluding hydrogens is 190 g/mol. The predicted molar refractivity (Wildman–Crippen MR) is 58.7 cm³/mol. The van der Waals surface area contributed by atoms with Crippen molar-refractivity contribution in [3.8, 4) is 0 Å². The van der Waals surface area contributed by atoms with Gasteiger partial charge >= 0.3 is 0 Å². The topological polar surface area (TPSA) is 39.1 Å². The van der Waals surface area contributed by atoms with Crippen LogP contribution < -0.4 is 5.32 Å². The molecule has 1 N–H and O–H groups in total. The molecule has 0 amide bonds. The zero-order chi connectivity index (χ0) is 10.5. The van der Waals surface area contributed by atoms with E-state index in [2.05, 4.69) is 21.1 Å². The fraction of sp³-hybridized carbons (Fsp3) is 0.727. The first-order valence-electron chi connectivity index (χ1n) is 5.63. The van der Waals surface area contributed by atoms with E-state index in [1.165, 1.54) is 12.8 Å². The van der Waals surface area contributed by atoms with Crippen molar-refractivity contribution in [2.45, 2.75) is 31.8 Å². The Bertz CT molecular complexity index is 294. The third-order valence-electron chi connectivity index (χ3n) is 2.67. The summed E-state index contributed by atoms with van der Waals surface area (Å²) < 4.78 is 7.29. The third kappa shape index (κ3) is 3.04. The molecule has 1 aromatic heterocycles. The molecule has 2 rings (SSSR count). The molecule has 0 radical (unpaired) electrons. The summed E-state index contributed by atoms with van der Waals surface area (Å²) in [4.78, 5) is 4.36. The lowest BCUT2D eigenvalue weighted by atomic mass is 10.4. The Hall–Kier alpha value is -0.870. The highest BCUT2D eigenvalue weighted by molar-refractivity contribution is 4.98. The molecule has 0 atom stereocenters. The lowest BCUT2D eigenvalue weighted by molar-refractivity contribution is 0.194. The lowest BCUT2D eigenvalue weighted by Crippen LogP contribution is -2.18. The van der Waals surface area contributed by atoms with Crippen molar-refractivity contribution >= 4 is 0 Å². The largest absolute Gasteiger partial charge is 0.385 e. The average molecular weight is 209 g/mol. The van der Waals surface area contributed by atoms with Crippen LogP contribution in [0.3, 0.4) is 0 Å². The molecule has 0 aliphatic heterocycles. The van der Waals surface area contributed by atoms with Crippen LogP contribution in [0.1, 0.15) is 31.1 Å². The highest BCUT2D eigenvalue weighted by Gasteiger charge is 2.24. The van der Waals surface area contributed by atoms with Gasteiger partial charge < -0.3 is 14.6 Å². The summed E-state index contributed by atoms with van der Waals surface area (Å²) in [7, 11) is 1.74. The monoisotopic (exact) mass is 209 g/mol. The summed E-state index contributed by atoms with van der Waals surface area (Å²) in [6, 6.07) is 0.725. The van der Waals surface area contributed by atoms with Gasteiger partial charge in [-0.2, -0.15) is 0 Å². The van der Waals surface area contributed by atoms with Crippen LogP contribution in [0.15, 0.2) is 12.4 Å². The van der Waals surface area contributed by atoms with E-state index in [-0.39, 0.29) is 0 Å². The summed E-state index contributed by atoms with van der Waals surface area (Å²) in [5, 5.41) is 3.38. The summed E-state index contributed by atoms with van der Waals surface area (Å²) >= 11 is 0. The van der Waals surface area contributed by atoms with Crippen molar-refractivity contribution in [2.24, 2.45) is 0 Å². The number of aromatic nitrogens is 2. The standard InChI is InChI=1S/C11H19N3O/c1-15-8-2-5-12-9-11-13-6-7-14(11)10-3-4-10/h6-7,10,12H,2-5,8-9H2,1H3. The van der Waals surface area contributed by atoms with Gasteiger partial charge in [0.25, 0.3) is 0 Å². The van der Waals surface area contributed by atoms with Gasteiger partial charge in [-0.25, -0.2) is 4.98 Å². The Labute approximate surface area is 90.6 Å². The number of ether oxygens (including phenoxy) is 1. The number of rotatable bonds is 7. The second kappa shape index (κ2) is 5.28. The highest BCUT2D eigenvalue weighted by Crippen LogP contribution is 2.35. The first-order chi connectivity index (χ1) is 7.42. The van der Waals surface area contributed by atoms with Crippen LogP contribution in [0.4, 0.5) is 0 Å². The molecule has 1 aliphatic rings. The van der Waals surface area contributed by atoms with Gasteiger partial charge in [0.1, 0.15) is 5.82 Å². The molecule has 15 heavy (non-hydrogen) atoms. The molecule has 0 spiro atoms. The van der Waals surface area contributed by atoms with Crippen molar-refractivity contribution in [2.75, 3.05) is 20.3 Å². The summed E-state index contributed by atoms with van der Waals surface area (Å²) in [6.45, 7) is 2.68. The fourth-order valence-corrected chi connectivity index (χ4v) is 1.71. The van der Waals surface area contributed by atoms with E-state index in [0.29, 0.717) is 0 Å². The lowest BCUT2D eigenvalue weighted by Gasteiger charge is -2.07. The smallest absolute Gasteiger partial charge is 0.122 e. The van der Waals surface area contributed by atoms with E-state index in [1.54, 1.807) is 7.11 Å². The van der Waals surface area contributed by atoms with Gasteiger partial charge in [-0.05, 0) is 25.8 Å².